The summed E-state index contributed by atoms with van der Waals surface area (Å²) < 4.78 is 24.6. The molecule has 0 N–H and O–H groups in total. The lowest BCUT2D eigenvalue weighted by molar-refractivity contribution is 0.503. The lowest BCUT2D eigenvalue weighted by Crippen LogP contribution is -1.85. The van der Waals surface area contributed by atoms with E-state index >= 15 is 0 Å². The maximum atomic E-state index is 12.4. The van der Waals surface area contributed by atoms with Crippen molar-refractivity contribution in [3.05, 3.63) is 35.4 Å². The first-order valence-corrected chi connectivity index (χ1v) is 2.62. The summed E-state index contributed by atoms with van der Waals surface area (Å²) in [6.45, 7) is 1.53. The molecule has 0 aliphatic rings. The van der Waals surface area contributed by atoms with Gasteiger partial charge in [0.15, 0.2) is 11.6 Å². The molecule has 0 atom stereocenters. The average molecular weight is 128 g/mol. The van der Waals surface area contributed by atoms with E-state index in [0.29, 0.717) is 5.56 Å². The molecule has 0 bridgehead atoms. The zero-order chi connectivity index (χ0) is 6.85. The fourth-order valence-electron chi connectivity index (χ4n) is 0.612. The number of hydrogen-bond acceptors (Lipinski definition) is 0. The highest BCUT2D eigenvalue weighted by Gasteiger charge is 2.00. The van der Waals surface area contributed by atoms with Crippen molar-refractivity contribution in [2.45, 2.75) is 6.92 Å². The second kappa shape index (κ2) is 2.13. The second-order valence-corrected chi connectivity index (χ2v) is 1.87. The van der Waals surface area contributed by atoms with Crippen molar-refractivity contribution in [2.24, 2.45) is 0 Å². The lowest BCUT2D eigenvalue weighted by atomic mass is 10.2. The molecule has 0 aromatic heterocycles. The molecular weight excluding hydrogens is 122 g/mol. The summed E-state index contributed by atoms with van der Waals surface area (Å²) in [5.74, 6) is -1.53. The van der Waals surface area contributed by atoms with Gasteiger partial charge in [-0.1, -0.05) is 12.1 Å². The molecule has 9 heavy (non-hydrogen) atoms. The van der Waals surface area contributed by atoms with Gasteiger partial charge in [0, 0.05) is 0 Å². The summed E-state index contributed by atoms with van der Waals surface area (Å²) in [5, 5.41) is 0. The summed E-state index contributed by atoms with van der Waals surface area (Å²) in [6.07, 6.45) is 0. The topological polar surface area (TPSA) is 0 Å². The zero-order valence-electron chi connectivity index (χ0n) is 4.99. The maximum Gasteiger partial charge on any atom is 0.161 e. The van der Waals surface area contributed by atoms with E-state index < -0.39 is 11.6 Å². The molecular formula is C7H6F2. The molecule has 0 radical (unpaired) electrons. The van der Waals surface area contributed by atoms with E-state index in [-0.39, 0.29) is 0 Å². The highest BCUT2D eigenvalue weighted by molar-refractivity contribution is 5.16. The molecule has 0 saturated heterocycles. The first-order valence-electron chi connectivity index (χ1n) is 2.62. The van der Waals surface area contributed by atoms with Gasteiger partial charge in [-0.05, 0) is 18.6 Å². The molecule has 0 aliphatic carbocycles. The Balaban J connectivity index is 3.25. The average Bonchev–Trinajstić information content (AvgIpc) is 1.83. The minimum atomic E-state index is -0.782. The van der Waals surface area contributed by atoms with Crippen molar-refractivity contribution < 1.29 is 8.78 Å². The predicted octanol–water partition coefficient (Wildman–Crippen LogP) is 2.27. The van der Waals surface area contributed by atoms with Crippen molar-refractivity contribution in [3.8, 4) is 0 Å². The highest BCUT2D eigenvalue weighted by Crippen LogP contribution is 2.08. The molecule has 1 aromatic carbocycles. The van der Waals surface area contributed by atoms with Crippen molar-refractivity contribution >= 4 is 0 Å². The minimum absolute atomic E-state index is 0.343. The van der Waals surface area contributed by atoms with Crippen molar-refractivity contribution in [3.63, 3.8) is 0 Å². The van der Waals surface area contributed by atoms with E-state index in [0.717, 1.165) is 6.07 Å². The SMILES string of the molecule is Cc1cccc(F)c1F. The van der Waals surface area contributed by atoms with Crippen molar-refractivity contribution in [2.75, 3.05) is 0 Å². The molecule has 0 spiro atoms. The molecule has 1 aromatic rings. The second-order valence-electron chi connectivity index (χ2n) is 1.87. The van der Waals surface area contributed by atoms with Gasteiger partial charge in [0.1, 0.15) is 0 Å². The van der Waals surface area contributed by atoms with E-state index in [9.17, 15) is 8.78 Å². The van der Waals surface area contributed by atoms with E-state index in [1.54, 1.807) is 0 Å². The van der Waals surface area contributed by atoms with Crippen LogP contribution in [0.3, 0.4) is 0 Å². The number of halogens is 2. The minimum Gasteiger partial charge on any atom is -0.204 e. The molecule has 0 unspecified atom stereocenters. The first-order chi connectivity index (χ1) is 4.22. The molecule has 1 rings (SSSR count). The van der Waals surface area contributed by atoms with E-state index in [1.165, 1.54) is 19.1 Å². The molecule has 2 heteroatoms. The Morgan fingerprint density at radius 1 is 1.22 bits per heavy atom. The summed E-state index contributed by atoms with van der Waals surface area (Å²) in [4.78, 5) is 0. The molecule has 0 fully saturated rings. The number of aryl methyl sites for hydroxylation is 1. The van der Waals surface area contributed by atoms with Crippen LogP contribution in [0.2, 0.25) is 0 Å². The molecule has 0 heterocycles. The van der Waals surface area contributed by atoms with E-state index in [1.807, 2.05) is 0 Å². The predicted molar refractivity (Wildman–Crippen MR) is 31.1 cm³/mol. The number of benzene rings is 1. The maximum absolute atomic E-state index is 12.4. The summed E-state index contributed by atoms with van der Waals surface area (Å²) in [6, 6.07) is 4.11. The van der Waals surface area contributed by atoms with Crippen LogP contribution in [0.1, 0.15) is 5.56 Å². The van der Waals surface area contributed by atoms with E-state index in [4.69, 9.17) is 0 Å². The monoisotopic (exact) mass is 128 g/mol. The molecule has 0 saturated carbocycles. The van der Waals surface area contributed by atoms with Gasteiger partial charge in [-0.25, -0.2) is 8.78 Å². The summed E-state index contributed by atoms with van der Waals surface area (Å²) in [5.41, 5.74) is 0.343. The Morgan fingerprint density at radius 3 is 2.33 bits per heavy atom. The van der Waals surface area contributed by atoms with Gasteiger partial charge in [-0.3, -0.25) is 0 Å². The summed E-state index contributed by atoms with van der Waals surface area (Å²) >= 11 is 0. The fourth-order valence-corrected chi connectivity index (χ4v) is 0.612. The summed E-state index contributed by atoms with van der Waals surface area (Å²) in [7, 11) is 0. The standard InChI is InChI=1S/C7H6F2/c1-5-3-2-4-6(8)7(5)9/h2-4H,1H3. The first kappa shape index (κ1) is 6.20. The van der Waals surface area contributed by atoms with Crippen LogP contribution in [0, 0.1) is 18.6 Å². The smallest absolute Gasteiger partial charge is 0.161 e. The van der Waals surface area contributed by atoms with Crippen LogP contribution in [-0.4, -0.2) is 0 Å². The van der Waals surface area contributed by atoms with Crippen LogP contribution in [0.25, 0.3) is 0 Å². The lowest BCUT2D eigenvalue weighted by Gasteiger charge is -1.93. The molecule has 0 amide bonds. The van der Waals surface area contributed by atoms with Crippen molar-refractivity contribution in [1.29, 1.82) is 0 Å². The van der Waals surface area contributed by atoms with Crippen LogP contribution < -0.4 is 0 Å². The van der Waals surface area contributed by atoms with Gasteiger partial charge in [0.25, 0.3) is 0 Å². The number of hydrogen-bond donors (Lipinski definition) is 0. The van der Waals surface area contributed by atoms with Gasteiger partial charge >= 0.3 is 0 Å². The van der Waals surface area contributed by atoms with Crippen LogP contribution in [0.15, 0.2) is 18.2 Å². The van der Waals surface area contributed by atoms with Crippen LogP contribution >= 0.6 is 0 Å². The third-order valence-electron chi connectivity index (χ3n) is 1.14. The quantitative estimate of drug-likeness (QED) is 0.502. The Labute approximate surface area is 52.1 Å². The number of rotatable bonds is 0. The van der Waals surface area contributed by atoms with Gasteiger partial charge in [-0.2, -0.15) is 0 Å². The Kier molecular flexibility index (Phi) is 1.47. The van der Waals surface area contributed by atoms with Crippen molar-refractivity contribution in [1.82, 2.24) is 0 Å². The van der Waals surface area contributed by atoms with Gasteiger partial charge < -0.3 is 0 Å². The van der Waals surface area contributed by atoms with Gasteiger partial charge in [0.2, 0.25) is 0 Å². The van der Waals surface area contributed by atoms with Gasteiger partial charge in [0.05, 0.1) is 0 Å². The normalized spacial score (nSPS) is 9.67. The molecule has 0 aliphatic heterocycles. The molecule has 48 valence electrons. The molecule has 0 nitrogen and oxygen atoms in total. The Bertz CT molecular complexity index is 198. The van der Waals surface area contributed by atoms with E-state index in [2.05, 4.69) is 0 Å². The Morgan fingerprint density at radius 2 is 1.89 bits per heavy atom. The zero-order valence-corrected chi connectivity index (χ0v) is 4.99. The van der Waals surface area contributed by atoms with Crippen LogP contribution in [-0.2, 0) is 0 Å². The van der Waals surface area contributed by atoms with Crippen LogP contribution in [0.5, 0.6) is 0 Å². The third kappa shape index (κ3) is 1.07. The van der Waals surface area contributed by atoms with Crippen LogP contribution in [0.4, 0.5) is 8.78 Å². The largest absolute Gasteiger partial charge is 0.204 e. The highest BCUT2D eigenvalue weighted by atomic mass is 19.2. The van der Waals surface area contributed by atoms with Gasteiger partial charge in [-0.15, -0.1) is 0 Å². The third-order valence-corrected chi connectivity index (χ3v) is 1.14. The fraction of sp³-hybridized carbons (Fsp3) is 0.143. The Hall–Kier alpha value is -0.920.